The van der Waals surface area contributed by atoms with Crippen LogP contribution in [0, 0.1) is 0 Å². The number of benzene rings is 1. The lowest BCUT2D eigenvalue weighted by Crippen LogP contribution is -2.23. The minimum Gasteiger partial charge on any atom is -0.348 e. The van der Waals surface area contributed by atoms with Gasteiger partial charge in [0, 0.05) is 6.54 Å². The molecule has 0 saturated heterocycles. The molecular weight excluding hydrogens is 214 g/mol. The van der Waals surface area contributed by atoms with Gasteiger partial charge in [-0.3, -0.25) is 4.79 Å². The highest BCUT2D eigenvalue weighted by molar-refractivity contribution is 6.81. The Morgan fingerprint density at radius 3 is 2.44 bits per heavy atom. The van der Waals surface area contributed by atoms with E-state index in [1.54, 1.807) is 6.08 Å². The van der Waals surface area contributed by atoms with Gasteiger partial charge < -0.3 is 5.32 Å². The maximum Gasteiger partial charge on any atom is 0.243 e. The Hall–Kier alpha value is -1.35. The molecule has 86 valence electrons. The van der Waals surface area contributed by atoms with Gasteiger partial charge in [0.1, 0.15) is 0 Å². The molecule has 1 aromatic carbocycles. The quantitative estimate of drug-likeness (QED) is 0.629. The molecule has 0 aromatic heterocycles. The Kier molecular flexibility index (Phi) is 4.49. The van der Waals surface area contributed by atoms with Crippen LogP contribution in [0.25, 0.3) is 0 Å². The van der Waals surface area contributed by atoms with Gasteiger partial charge in [-0.05, 0) is 11.6 Å². The summed E-state index contributed by atoms with van der Waals surface area (Å²) in [6.45, 7) is 7.20. The van der Waals surface area contributed by atoms with Crippen LogP contribution in [0.15, 0.2) is 42.1 Å². The molecule has 2 nitrogen and oxygen atoms in total. The highest BCUT2D eigenvalue weighted by Crippen LogP contribution is 2.01. The molecule has 0 fully saturated rings. The Morgan fingerprint density at radius 2 is 1.88 bits per heavy atom. The Balaban J connectivity index is 2.40. The first-order valence-corrected chi connectivity index (χ1v) is 9.06. The molecule has 0 aliphatic carbocycles. The van der Waals surface area contributed by atoms with E-state index in [1.165, 1.54) is 0 Å². The van der Waals surface area contributed by atoms with Crippen LogP contribution in [0.2, 0.25) is 19.6 Å². The molecule has 0 aliphatic heterocycles. The molecule has 0 saturated carbocycles. The summed E-state index contributed by atoms with van der Waals surface area (Å²) in [5, 5.41) is 2.87. The lowest BCUT2D eigenvalue weighted by molar-refractivity contribution is -0.116. The van der Waals surface area contributed by atoms with Gasteiger partial charge in [-0.15, -0.1) is 0 Å². The van der Waals surface area contributed by atoms with Gasteiger partial charge in [0.2, 0.25) is 5.91 Å². The van der Waals surface area contributed by atoms with Crippen LogP contribution in [0.1, 0.15) is 5.56 Å². The average Bonchev–Trinajstić information content (AvgIpc) is 2.24. The van der Waals surface area contributed by atoms with Crippen LogP contribution < -0.4 is 5.32 Å². The first kappa shape index (κ1) is 12.7. The van der Waals surface area contributed by atoms with Crippen molar-refractivity contribution in [1.29, 1.82) is 0 Å². The van der Waals surface area contributed by atoms with Gasteiger partial charge in [0.15, 0.2) is 0 Å². The minimum absolute atomic E-state index is 0.00808. The largest absolute Gasteiger partial charge is 0.348 e. The van der Waals surface area contributed by atoms with E-state index in [2.05, 4.69) is 25.0 Å². The van der Waals surface area contributed by atoms with Gasteiger partial charge in [0.05, 0.1) is 8.07 Å². The van der Waals surface area contributed by atoms with Crippen molar-refractivity contribution in [3.8, 4) is 0 Å². The van der Waals surface area contributed by atoms with Crippen molar-refractivity contribution in [2.24, 2.45) is 0 Å². The molecule has 1 rings (SSSR count). The molecule has 16 heavy (non-hydrogen) atoms. The fourth-order valence-corrected chi connectivity index (χ4v) is 1.82. The summed E-state index contributed by atoms with van der Waals surface area (Å²) in [5.74, 6) is -0.00808. The van der Waals surface area contributed by atoms with Crippen LogP contribution in [0.3, 0.4) is 0 Å². The van der Waals surface area contributed by atoms with Crippen LogP contribution in [-0.4, -0.2) is 14.0 Å². The van der Waals surface area contributed by atoms with E-state index in [-0.39, 0.29) is 5.91 Å². The molecule has 1 amide bonds. The number of nitrogens with one attached hydrogen (secondary N) is 1. The van der Waals surface area contributed by atoms with E-state index in [0.29, 0.717) is 6.54 Å². The highest BCUT2D eigenvalue weighted by Gasteiger charge is 2.07. The smallest absolute Gasteiger partial charge is 0.243 e. The number of hydrogen-bond acceptors (Lipinski definition) is 1. The lowest BCUT2D eigenvalue weighted by Gasteiger charge is -2.08. The van der Waals surface area contributed by atoms with Gasteiger partial charge >= 0.3 is 0 Å². The van der Waals surface area contributed by atoms with E-state index in [0.717, 1.165) is 5.56 Å². The van der Waals surface area contributed by atoms with E-state index < -0.39 is 8.07 Å². The number of rotatable bonds is 4. The summed E-state index contributed by atoms with van der Waals surface area (Å²) in [6, 6.07) is 9.92. The van der Waals surface area contributed by atoms with E-state index >= 15 is 0 Å². The third kappa shape index (κ3) is 5.51. The van der Waals surface area contributed by atoms with E-state index in [1.807, 2.05) is 36.0 Å². The molecule has 0 atom stereocenters. The van der Waals surface area contributed by atoms with Crippen molar-refractivity contribution in [2.45, 2.75) is 26.2 Å². The van der Waals surface area contributed by atoms with Crippen molar-refractivity contribution in [1.82, 2.24) is 5.32 Å². The number of hydrogen-bond donors (Lipinski definition) is 1. The first-order valence-electron chi connectivity index (χ1n) is 5.48. The summed E-state index contributed by atoms with van der Waals surface area (Å²) in [4.78, 5) is 11.5. The molecule has 1 N–H and O–H groups in total. The van der Waals surface area contributed by atoms with Crippen LogP contribution in [-0.2, 0) is 11.3 Å². The van der Waals surface area contributed by atoms with Gasteiger partial charge in [-0.2, -0.15) is 0 Å². The molecule has 0 aliphatic rings. The maximum atomic E-state index is 11.5. The van der Waals surface area contributed by atoms with Crippen molar-refractivity contribution in [3.63, 3.8) is 0 Å². The molecule has 0 radical (unpaired) electrons. The summed E-state index contributed by atoms with van der Waals surface area (Å²) in [5.41, 5.74) is 3.17. The van der Waals surface area contributed by atoms with E-state index in [9.17, 15) is 4.79 Å². The Morgan fingerprint density at radius 1 is 1.25 bits per heavy atom. The van der Waals surface area contributed by atoms with Crippen molar-refractivity contribution in [2.75, 3.05) is 0 Å². The molecular formula is C13H19NOSi. The second-order valence-corrected chi connectivity index (χ2v) is 9.97. The van der Waals surface area contributed by atoms with Crippen LogP contribution in [0.4, 0.5) is 0 Å². The maximum absolute atomic E-state index is 11.5. The van der Waals surface area contributed by atoms with Crippen molar-refractivity contribution < 1.29 is 4.79 Å². The third-order valence-corrected chi connectivity index (χ3v) is 3.21. The Bertz CT molecular complexity index is 365. The normalized spacial score (nSPS) is 11.7. The standard InChI is InChI=1S/C13H19NOSi/c1-16(2,3)10-9-13(15)14-11-12-7-5-4-6-8-12/h4-10H,11H2,1-3H3,(H,14,15)/b10-9+. The topological polar surface area (TPSA) is 29.1 Å². The number of carbonyl (C=O) groups excluding carboxylic acids is 1. The predicted molar refractivity (Wildman–Crippen MR) is 70.8 cm³/mol. The van der Waals surface area contributed by atoms with Gasteiger partial charge in [-0.1, -0.05) is 55.7 Å². The third-order valence-electron chi connectivity index (χ3n) is 2.04. The van der Waals surface area contributed by atoms with Crippen LogP contribution >= 0.6 is 0 Å². The summed E-state index contributed by atoms with van der Waals surface area (Å²) in [7, 11) is -1.27. The highest BCUT2D eigenvalue weighted by atomic mass is 28.3. The lowest BCUT2D eigenvalue weighted by atomic mass is 10.2. The molecule has 0 spiro atoms. The monoisotopic (exact) mass is 233 g/mol. The average molecular weight is 233 g/mol. The van der Waals surface area contributed by atoms with E-state index in [4.69, 9.17) is 0 Å². The number of amides is 1. The second kappa shape index (κ2) is 5.65. The summed E-state index contributed by atoms with van der Waals surface area (Å²) >= 11 is 0. The fraction of sp³-hybridized carbons (Fsp3) is 0.308. The summed E-state index contributed by atoms with van der Waals surface area (Å²) in [6.07, 6.45) is 1.66. The molecule has 0 heterocycles. The minimum atomic E-state index is -1.27. The van der Waals surface area contributed by atoms with Crippen molar-refractivity contribution in [3.05, 3.63) is 47.7 Å². The Labute approximate surface area is 98.4 Å². The zero-order valence-corrected chi connectivity index (χ0v) is 11.2. The summed E-state index contributed by atoms with van der Waals surface area (Å²) < 4.78 is 0. The number of carbonyl (C=O) groups is 1. The zero-order valence-electron chi connectivity index (χ0n) is 10.2. The second-order valence-electron chi connectivity index (χ2n) is 4.90. The van der Waals surface area contributed by atoms with Gasteiger partial charge in [0.25, 0.3) is 0 Å². The van der Waals surface area contributed by atoms with Crippen molar-refractivity contribution >= 4 is 14.0 Å². The zero-order chi connectivity index (χ0) is 12.0. The predicted octanol–water partition coefficient (Wildman–Crippen LogP) is 2.74. The molecule has 0 unspecified atom stereocenters. The molecule has 0 bridgehead atoms. The van der Waals surface area contributed by atoms with Gasteiger partial charge in [-0.25, -0.2) is 0 Å². The fourth-order valence-electron chi connectivity index (χ4n) is 1.17. The molecule has 1 aromatic rings. The van der Waals surface area contributed by atoms with Crippen LogP contribution in [0.5, 0.6) is 0 Å². The molecule has 3 heteroatoms. The first-order chi connectivity index (χ1) is 7.47. The SMILES string of the molecule is C[Si](C)(C)/C=C/C(=O)NCc1ccccc1.